The standard InChI is InChI=1S/C19H21NO3/c1-2-14-8-5-9-15-16(11-20-19(14)15)17(21)12-23-18(22)10-13-6-3-4-7-13/h3,5-6,8-9,11,13,20H,2,4,7,10,12H2,1H3/t13-/m1/s1. The van der Waals surface area contributed by atoms with Gasteiger partial charge in [0.2, 0.25) is 5.78 Å². The summed E-state index contributed by atoms with van der Waals surface area (Å²) in [6.45, 7) is 1.88. The average molecular weight is 311 g/mol. The van der Waals surface area contributed by atoms with Crippen molar-refractivity contribution in [1.29, 1.82) is 0 Å². The van der Waals surface area contributed by atoms with Crippen LogP contribution in [0.3, 0.4) is 0 Å². The van der Waals surface area contributed by atoms with Crippen LogP contribution in [0.4, 0.5) is 0 Å². The number of rotatable bonds is 6. The van der Waals surface area contributed by atoms with Gasteiger partial charge in [0, 0.05) is 22.7 Å². The molecular weight excluding hydrogens is 290 g/mol. The van der Waals surface area contributed by atoms with Crippen molar-refractivity contribution in [3.63, 3.8) is 0 Å². The number of Topliss-reactive ketones (excluding diaryl/α,β-unsaturated/α-hetero) is 1. The van der Waals surface area contributed by atoms with E-state index in [9.17, 15) is 9.59 Å². The third-order valence-corrected chi connectivity index (χ3v) is 4.39. The van der Waals surface area contributed by atoms with E-state index in [1.807, 2.05) is 18.2 Å². The van der Waals surface area contributed by atoms with E-state index in [-0.39, 0.29) is 24.3 Å². The SMILES string of the molecule is CCc1cccc2c(C(=O)COC(=O)C[C@@H]3C=CCC3)c[nH]c12. The molecule has 0 saturated heterocycles. The molecule has 2 aromatic rings. The van der Waals surface area contributed by atoms with Crippen LogP contribution >= 0.6 is 0 Å². The zero-order valence-electron chi connectivity index (χ0n) is 13.3. The number of hydrogen-bond donors (Lipinski definition) is 1. The first-order valence-corrected chi connectivity index (χ1v) is 8.13. The Hall–Kier alpha value is -2.36. The molecule has 0 aliphatic heterocycles. The second kappa shape index (κ2) is 6.82. The van der Waals surface area contributed by atoms with E-state index in [1.54, 1.807) is 6.20 Å². The van der Waals surface area contributed by atoms with E-state index < -0.39 is 0 Å². The summed E-state index contributed by atoms with van der Waals surface area (Å²) in [5.41, 5.74) is 2.75. The smallest absolute Gasteiger partial charge is 0.306 e. The maximum Gasteiger partial charge on any atom is 0.306 e. The second-order valence-corrected chi connectivity index (χ2v) is 5.95. The molecule has 1 aliphatic carbocycles. The molecule has 3 rings (SSSR count). The Bertz CT molecular complexity index is 757. The molecule has 0 saturated carbocycles. The highest BCUT2D eigenvalue weighted by molar-refractivity contribution is 6.09. The number of fused-ring (bicyclic) bond motifs is 1. The zero-order chi connectivity index (χ0) is 16.2. The summed E-state index contributed by atoms with van der Waals surface area (Å²) in [5, 5.41) is 0.893. The molecule has 1 aromatic heterocycles. The van der Waals surface area contributed by atoms with E-state index in [0.717, 1.165) is 30.2 Å². The van der Waals surface area contributed by atoms with Gasteiger partial charge < -0.3 is 9.72 Å². The van der Waals surface area contributed by atoms with Gasteiger partial charge in [0.05, 0.1) is 6.42 Å². The molecule has 0 bridgehead atoms. The van der Waals surface area contributed by atoms with Crippen LogP contribution in [0.2, 0.25) is 0 Å². The molecule has 120 valence electrons. The fourth-order valence-corrected chi connectivity index (χ4v) is 3.10. The molecule has 4 heteroatoms. The summed E-state index contributed by atoms with van der Waals surface area (Å²) in [7, 11) is 0. The van der Waals surface area contributed by atoms with Crippen molar-refractivity contribution in [1.82, 2.24) is 4.98 Å². The number of ketones is 1. The van der Waals surface area contributed by atoms with Crippen molar-refractivity contribution >= 4 is 22.7 Å². The van der Waals surface area contributed by atoms with Crippen molar-refractivity contribution in [3.8, 4) is 0 Å². The summed E-state index contributed by atoms with van der Waals surface area (Å²) < 4.78 is 5.16. The van der Waals surface area contributed by atoms with Crippen LogP contribution in [0, 0.1) is 5.92 Å². The number of hydrogen-bond acceptors (Lipinski definition) is 3. The monoisotopic (exact) mass is 311 g/mol. The predicted molar refractivity (Wildman–Crippen MR) is 89.4 cm³/mol. The molecule has 0 radical (unpaired) electrons. The first-order chi connectivity index (χ1) is 11.2. The number of para-hydroxylation sites is 1. The van der Waals surface area contributed by atoms with Crippen LogP contribution < -0.4 is 0 Å². The lowest BCUT2D eigenvalue weighted by Crippen LogP contribution is -2.15. The van der Waals surface area contributed by atoms with Gasteiger partial charge in [-0.15, -0.1) is 0 Å². The number of nitrogens with one attached hydrogen (secondary N) is 1. The van der Waals surface area contributed by atoms with Crippen molar-refractivity contribution < 1.29 is 14.3 Å². The molecule has 1 N–H and O–H groups in total. The van der Waals surface area contributed by atoms with Gasteiger partial charge in [-0.25, -0.2) is 0 Å². The summed E-state index contributed by atoms with van der Waals surface area (Å²) in [4.78, 5) is 27.3. The molecule has 23 heavy (non-hydrogen) atoms. The summed E-state index contributed by atoms with van der Waals surface area (Å²) in [5.74, 6) is -0.207. The number of carbonyl (C=O) groups is 2. The van der Waals surface area contributed by atoms with E-state index in [0.29, 0.717) is 12.0 Å². The van der Waals surface area contributed by atoms with Gasteiger partial charge in [-0.1, -0.05) is 37.3 Å². The van der Waals surface area contributed by atoms with Crippen molar-refractivity contribution in [2.75, 3.05) is 6.61 Å². The molecule has 1 atom stereocenters. The lowest BCUT2D eigenvalue weighted by Gasteiger charge is -2.07. The molecule has 4 nitrogen and oxygen atoms in total. The number of ether oxygens (including phenoxy) is 1. The lowest BCUT2D eigenvalue weighted by molar-refractivity contribution is -0.143. The molecule has 0 spiro atoms. The maximum atomic E-state index is 12.3. The first kappa shape index (κ1) is 15.5. The zero-order valence-corrected chi connectivity index (χ0v) is 13.3. The Balaban J connectivity index is 1.64. The van der Waals surface area contributed by atoms with Crippen LogP contribution in [0.25, 0.3) is 10.9 Å². The number of aromatic nitrogens is 1. The Morgan fingerprint density at radius 3 is 2.96 bits per heavy atom. The number of aryl methyl sites for hydroxylation is 1. The number of carbonyl (C=O) groups excluding carboxylic acids is 2. The van der Waals surface area contributed by atoms with E-state index >= 15 is 0 Å². The summed E-state index contributed by atoms with van der Waals surface area (Å²) in [6, 6.07) is 5.91. The Labute approximate surface area is 135 Å². The molecule has 1 aromatic carbocycles. The Morgan fingerprint density at radius 2 is 2.22 bits per heavy atom. The van der Waals surface area contributed by atoms with Crippen LogP contribution in [0.15, 0.2) is 36.5 Å². The first-order valence-electron chi connectivity index (χ1n) is 8.13. The molecule has 0 unspecified atom stereocenters. The Morgan fingerprint density at radius 1 is 1.35 bits per heavy atom. The molecule has 1 heterocycles. The third-order valence-electron chi connectivity index (χ3n) is 4.39. The van der Waals surface area contributed by atoms with Gasteiger partial charge in [0.25, 0.3) is 0 Å². The summed E-state index contributed by atoms with van der Waals surface area (Å²) in [6.07, 6.45) is 9.11. The summed E-state index contributed by atoms with van der Waals surface area (Å²) >= 11 is 0. The van der Waals surface area contributed by atoms with Crippen molar-refractivity contribution in [2.45, 2.75) is 32.6 Å². The van der Waals surface area contributed by atoms with Gasteiger partial charge in [0.15, 0.2) is 6.61 Å². The largest absolute Gasteiger partial charge is 0.457 e. The van der Waals surface area contributed by atoms with Gasteiger partial charge >= 0.3 is 5.97 Å². The maximum absolute atomic E-state index is 12.3. The van der Waals surface area contributed by atoms with E-state index in [2.05, 4.69) is 24.1 Å². The minimum atomic E-state index is -0.302. The van der Waals surface area contributed by atoms with Crippen LogP contribution in [0.1, 0.15) is 42.1 Å². The quantitative estimate of drug-likeness (QED) is 0.501. The van der Waals surface area contributed by atoms with E-state index in [1.165, 1.54) is 5.56 Å². The van der Waals surface area contributed by atoms with Crippen molar-refractivity contribution in [3.05, 3.63) is 47.7 Å². The predicted octanol–water partition coefficient (Wildman–Crippen LogP) is 3.81. The number of benzene rings is 1. The third kappa shape index (κ3) is 3.36. The fourth-order valence-electron chi connectivity index (χ4n) is 3.10. The molecule has 0 amide bonds. The highest BCUT2D eigenvalue weighted by atomic mass is 16.5. The van der Waals surface area contributed by atoms with Gasteiger partial charge in [-0.3, -0.25) is 9.59 Å². The second-order valence-electron chi connectivity index (χ2n) is 5.95. The lowest BCUT2D eigenvalue weighted by atomic mass is 10.0. The molecular formula is C19H21NO3. The average Bonchev–Trinajstić information content (AvgIpc) is 3.21. The number of H-pyrrole nitrogens is 1. The fraction of sp³-hybridized carbons (Fsp3) is 0.368. The topological polar surface area (TPSA) is 59.2 Å². The van der Waals surface area contributed by atoms with Crippen LogP contribution in [-0.4, -0.2) is 23.3 Å². The van der Waals surface area contributed by atoms with Crippen LogP contribution in [-0.2, 0) is 16.0 Å². The van der Waals surface area contributed by atoms with Crippen molar-refractivity contribution in [2.24, 2.45) is 5.92 Å². The Kier molecular flexibility index (Phi) is 4.60. The van der Waals surface area contributed by atoms with E-state index in [4.69, 9.17) is 4.74 Å². The number of allylic oxidation sites excluding steroid dienone is 2. The van der Waals surface area contributed by atoms with Gasteiger partial charge in [-0.05, 0) is 30.7 Å². The minimum Gasteiger partial charge on any atom is -0.457 e. The normalized spacial score (nSPS) is 16.8. The number of aromatic amines is 1. The highest BCUT2D eigenvalue weighted by Crippen LogP contribution is 2.23. The van der Waals surface area contributed by atoms with Gasteiger partial charge in [-0.2, -0.15) is 0 Å². The minimum absolute atomic E-state index is 0.167. The van der Waals surface area contributed by atoms with Gasteiger partial charge in [0.1, 0.15) is 0 Å². The molecule has 1 aliphatic rings. The number of esters is 1. The molecule has 0 fully saturated rings. The van der Waals surface area contributed by atoms with Crippen LogP contribution in [0.5, 0.6) is 0 Å². The highest BCUT2D eigenvalue weighted by Gasteiger charge is 2.18.